The summed E-state index contributed by atoms with van der Waals surface area (Å²) in [5.74, 6) is -1.25. The largest absolute Gasteiger partial charge is 0.381 e. The highest BCUT2D eigenvalue weighted by atomic mass is 32.2. The van der Waals surface area contributed by atoms with E-state index in [1.165, 1.54) is 4.31 Å². The van der Waals surface area contributed by atoms with E-state index in [0.717, 1.165) is 12.1 Å². The van der Waals surface area contributed by atoms with Crippen molar-refractivity contribution in [3.8, 4) is 0 Å². The first-order valence-corrected chi connectivity index (χ1v) is 10.1. The lowest BCUT2D eigenvalue weighted by molar-refractivity contribution is 0.0132. The maximum Gasteiger partial charge on any atom is 0.246 e. The number of hydrogen-bond acceptors (Lipinski definition) is 6. The topological polar surface area (TPSA) is 85.5 Å². The highest BCUT2D eigenvalue weighted by Crippen LogP contribution is 2.50. The van der Waals surface area contributed by atoms with E-state index in [1.54, 1.807) is 6.92 Å². The molecule has 1 spiro atoms. The Morgan fingerprint density at radius 3 is 2.67 bits per heavy atom. The van der Waals surface area contributed by atoms with Gasteiger partial charge in [0.1, 0.15) is 16.5 Å². The van der Waals surface area contributed by atoms with Crippen LogP contribution < -0.4 is 0 Å². The van der Waals surface area contributed by atoms with Gasteiger partial charge in [-0.25, -0.2) is 17.2 Å². The molecule has 2 aromatic rings. The van der Waals surface area contributed by atoms with Crippen LogP contribution in [0.1, 0.15) is 30.5 Å². The summed E-state index contributed by atoms with van der Waals surface area (Å²) in [6.45, 7) is 2.91. The van der Waals surface area contributed by atoms with Gasteiger partial charge in [-0.1, -0.05) is 5.16 Å². The number of benzene rings is 1. The van der Waals surface area contributed by atoms with E-state index in [4.69, 9.17) is 9.26 Å². The molecule has 0 radical (unpaired) electrons. The Balaban J connectivity index is 1.73. The summed E-state index contributed by atoms with van der Waals surface area (Å²) in [6, 6.07) is 2.43. The van der Waals surface area contributed by atoms with Crippen molar-refractivity contribution in [2.45, 2.75) is 30.6 Å². The third-order valence-corrected chi connectivity index (χ3v) is 7.30. The molecule has 10 heteroatoms. The Bertz CT molecular complexity index is 957. The Morgan fingerprint density at radius 1 is 1.26 bits per heavy atom. The molecule has 1 unspecified atom stereocenters. The number of rotatable bonds is 3. The average Bonchev–Trinajstić information content (AvgIpc) is 3.22. The zero-order chi connectivity index (χ0) is 19.2. The summed E-state index contributed by atoms with van der Waals surface area (Å²) < 4.78 is 65.5. The first-order valence-electron chi connectivity index (χ1n) is 8.65. The summed E-state index contributed by atoms with van der Waals surface area (Å²) in [5.41, 5.74) is -0.425. The molecule has 0 saturated carbocycles. The van der Waals surface area contributed by atoms with Gasteiger partial charge in [0.05, 0.1) is 0 Å². The van der Waals surface area contributed by atoms with Crippen LogP contribution in [0.3, 0.4) is 0 Å². The lowest BCUT2D eigenvalue weighted by Crippen LogP contribution is -2.37. The highest BCUT2D eigenvalue weighted by Gasteiger charge is 2.53. The molecule has 4 rings (SSSR count). The number of aromatic nitrogens is 2. The van der Waals surface area contributed by atoms with E-state index < -0.39 is 32.0 Å². The van der Waals surface area contributed by atoms with Gasteiger partial charge in [0, 0.05) is 39.1 Å². The number of ether oxygens (including phenoxy) is 1. The molecule has 2 aliphatic rings. The third kappa shape index (κ3) is 3.15. The van der Waals surface area contributed by atoms with Gasteiger partial charge in [0.15, 0.2) is 5.82 Å². The molecule has 1 aromatic carbocycles. The van der Waals surface area contributed by atoms with Crippen molar-refractivity contribution in [1.82, 2.24) is 14.4 Å². The Hall–Kier alpha value is -1.91. The zero-order valence-electron chi connectivity index (χ0n) is 14.7. The normalized spacial score (nSPS) is 23.1. The van der Waals surface area contributed by atoms with Gasteiger partial charge in [-0.05, 0) is 36.5 Å². The minimum absolute atomic E-state index is 0.0806. The first kappa shape index (κ1) is 18.5. The number of nitrogens with zero attached hydrogens (tertiary/aromatic N) is 3. The Morgan fingerprint density at radius 2 is 2.00 bits per heavy atom. The molecule has 0 aliphatic carbocycles. The fraction of sp³-hybridized carbons (Fsp3) is 0.529. The molecular formula is C17H19F2N3O4S. The van der Waals surface area contributed by atoms with Crippen LogP contribution in [-0.4, -0.2) is 49.2 Å². The smallest absolute Gasteiger partial charge is 0.246 e. The predicted octanol–water partition coefficient (Wildman–Crippen LogP) is 2.24. The van der Waals surface area contributed by atoms with E-state index in [1.807, 2.05) is 0 Å². The van der Waals surface area contributed by atoms with E-state index >= 15 is 0 Å². The molecular weight excluding hydrogens is 380 g/mol. The molecule has 2 fully saturated rings. The predicted molar refractivity (Wildman–Crippen MR) is 89.4 cm³/mol. The summed E-state index contributed by atoms with van der Waals surface area (Å²) in [6.07, 6.45) is 1.26. The van der Waals surface area contributed by atoms with Crippen molar-refractivity contribution in [1.29, 1.82) is 0 Å². The molecule has 1 aromatic heterocycles. The molecule has 146 valence electrons. The van der Waals surface area contributed by atoms with Crippen molar-refractivity contribution in [2.75, 3.05) is 26.3 Å². The van der Waals surface area contributed by atoms with E-state index in [0.29, 0.717) is 43.8 Å². The van der Waals surface area contributed by atoms with Gasteiger partial charge >= 0.3 is 0 Å². The first-order chi connectivity index (χ1) is 12.8. The second-order valence-corrected chi connectivity index (χ2v) is 8.98. The van der Waals surface area contributed by atoms with Crippen molar-refractivity contribution in [3.63, 3.8) is 0 Å². The highest BCUT2D eigenvalue weighted by molar-refractivity contribution is 7.89. The van der Waals surface area contributed by atoms with Crippen molar-refractivity contribution in [3.05, 3.63) is 41.5 Å². The monoisotopic (exact) mass is 399 g/mol. The fourth-order valence-electron chi connectivity index (χ4n) is 4.02. The van der Waals surface area contributed by atoms with E-state index in [2.05, 4.69) is 10.1 Å². The maximum absolute atomic E-state index is 14.1. The molecule has 0 bridgehead atoms. The standard InChI is InChI=1S/C17H19F2N3O4S/c1-11-20-16(21-26-11)13-9-22(10-17(13)4-6-25-7-5-17)27(23,24)15-8-12(18)2-3-14(15)19/h2-3,8,13H,4-7,9-10H2,1H3. The van der Waals surface area contributed by atoms with Gasteiger partial charge < -0.3 is 9.26 Å². The minimum atomic E-state index is -4.21. The molecule has 27 heavy (non-hydrogen) atoms. The summed E-state index contributed by atoms with van der Waals surface area (Å²) in [4.78, 5) is 3.63. The van der Waals surface area contributed by atoms with Crippen LogP contribution >= 0.6 is 0 Å². The molecule has 2 aliphatic heterocycles. The maximum atomic E-state index is 14.1. The van der Waals surface area contributed by atoms with Gasteiger partial charge in [0.25, 0.3) is 0 Å². The van der Waals surface area contributed by atoms with Gasteiger partial charge in [-0.15, -0.1) is 0 Å². The lowest BCUT2D eigenvalue weighted by atomic mass is 9.72. The SMILES string of the molecule is Cc1nc(C2CN(S(=O)(=O)c3cc(F)ccc3F)CC23CCOCC3)no1. The second-order valence-electron chi connectivity index (χ2n) is 7.07. The van der Waals surface area contributed by atoms with Crippen LogP contribution in [-0.2, 0) is 14.8 Å². The summed E-state index contributed by atoms with van der Waals surface area (Å²) >= 11 is 0. The van der Waals surface area contributed by atoms with Crippen LogP contribution in [0, 0.1) is 24.0 Å². The summed E-state index contributed by atoms with van der Waals surface area (Å²) in [7, 11) is -4.21. The van der Waals surface area contributed by atoms with Crippen molar-refractivity contribution < 1.29 is 26.5 Å². The van der Waals surface area contributed by atoms with Crippen LogP contribution in [0.25, 0.3) is 0 Å². The van der Waals surface area contributed by atoms with Gasteiger partial charge in [-0.2, -0.15) is 9.29 Å². The van der Waals surface area contributed by atoms with Crippen molar-refractivity contribution in [2.24, 2.45) is 5.41 Å². The second kappa shape index (κ2) is 6.61. The van der Waals surface area contributed by atoms with Crippen LogP contribution in [0.5, 0.6) is 0 Å². The van der Waals surface area contributed by atoms with E-state index in [9.17, 15) is 17.2 Å². The number of hydrogen-bond donors (Lipinski definition) is 0. The van der Waals surface area contributed by atoms with Crippen LogP contribution in [0.4, 0.5) is 8.78 Å². The van der Waals surface area contributed by atoms with E-state index in [-0.39, 0.29) is 19.0 Å². The van der Waals surface area contributed by atoms with Gasteiger partial charge in [0.2, 0.25) is 15.9 Å². The lowest BCUT2D eigenvalue weighted by Gasteiger charge is -2.36. The molecule has 1 atom stereocenters. The third-order valence-electron chi connectivity index (χ3n) is 5.47. The fourth-order valence-corrected chi connectivity index (χ4v) is 5.64. The quantitative estimate of drug-likeness (QED) is 0.787. The molecule has 3 heterocycles. The number of halogens is 2. The average molecular weight is 399 g/mol. The molecule has 0 amide bonds. The zero-order valence-corrected chi connectivity index (χ0v) is 15.5. The molecule has 7 nitrogen and oxygen atoms in total. The Kier molecular flexibility index (Phi) is 4.52. The van der Waals surface area contributed by atoms with Crippen molar-refractivity contribution >= 4 is 10.0 Å². The number of aryl methyl sites for hydroxylation is 1. The summed E-state index contributed by atoms with van der Waals surface area (Å²) in [5, 5.41) is 3.99. The van der Waals surface area contributed by atoms with Crippen LogP contribution in [0.2, 0.25) is 0 Å². The minimum Gasteiger partial charge on any atom is -0.381 e. The molecule has 2 saturated heterocycles. The van der Waals surface area contributed by atoms with Crippen LogP contribution in [0.15, 0.2) is 27.6 Å². The Labute approximate surface area is 155 Å². The number of sulfonamides is 1. The molecule has 0 N–H and O–H groups in total. The van der Waals surface area contributed by atoms with Gasteiger partial charge in [-0.3, -0.25) is 0 Å².